The maximum absolute atomic E-state index is 9.25. The van der Waals surface area contributed by atoms with Crippen molar-refractivity contribution in [2.75, 3.05) is 26.8 Å². The molecule has 1 aliphatic rings. The highest BCUT2D eigenvalue weighted by atomic mass is 16.5. The van der Waals surface area contributed by atoms with Gasteiger partial charge in [-0.2, -0.15) is 0 Å². The minimum atomic E-state index is 0.266. The first-order valence-corrected chi connectivity index (χ1v) is 6.49. The number of aliphatic hydroxyl groups excluding tert-OH is 1. The maximum atomic E-state index is 9.25. The third kappa shape index (κ3) is 3.12. The van der Waals surface area contributed by atoms with Crippen molar-refractivity contribution in [3.63, 3.8) is 0 Å². The lowest BCUT2D eigenvalue weighted by Gasteiger charge is -2.20. The predicted molar refractivity (Wildman–Crippen MR) is 73.7 cm³/mol. The van der Waals surface area contributed by atoms with Gasteiger partial charge >= 0.3 is 0 Å². The van der Waals surface area contributed by atoms with Crippen LogP contribution < -0.4 is 4.74 Å². The number of nitrogens with zero attached hydrogens (tertiary/aromatic N) is 1. The Morgan fingerprint density at radius 1 is 1.44 bits per heavy atom. The largest absolute Gasteiger partial charge is 0.496 e. The van der Waals surface area contributed by atoms with Crippen molar-refractivity contribution < 1.29 is 9.84 Å². The number of aliphatic hydroxyl groups is 1. The van der Waals surface area contributed by atoms with E-state index in [1.165, 1.54) is 6.42 Å². The van der Waals surface area contributed by atoms with Crippen molar-refractivity contribution in [3.8, 4) is 5.75 Å². The fourth-order valence-corrected chi connectivity index (χ4v) is 2.46. The highest BCUT2D eigenvalue weighted by Gasteiger charge is 2.21. The lowest BCUT2D eigenvalue weighted by atomic mass is 10.2. The van der Waals surface area contributed by atoms with Crippen molar-refractivity contribution in [1.82, 2.24) is 4.90 Å². The molecule has 0 saturated carbocycles. The third-order valence-corrected chi connectivity index (χ3v) is 3.49. The molecule has 1 fully saturated rings. The van der Waals surface area contributed by atoms with Crippen LogP contribution in [0.25, 0.3) is 6.08 Å². The molecule has 1 saturated heterocycles. The second-order valence-corrected chi connectivity index (χ2v) is 4.62. The normalized spacial score (nSPS) is 20.7. The molecule has 98 valence electrons. The van der Waals surface area contributed by atoms with Gasteiger partial charge in [-0.25, -0.2) is 0 Å². The fourth-order valence-electron chi connectivity index (χ4n) is 2.46. The monoisotopic (exact) mass is 247 g/mol. The molecule has 1 aliphatic heterocycles. The van der Waals surface area contributed by atoms with Crippen LogP contribution in [-0.2, 0) is 0 Å². The highest BCUT2D eigenvalue weighted by Crippen LogP contribution is 2.20. The van der Waals surface area contributed by atoms with Gasteiger partial charge in [0.2, 0.25) is 0 Å². The van der Waals surface area contributed by atoms with Gasteiger partial charge in [0.15, 0.2) is 0 Å². The van der Waals surface area contributed by atoms with E-state index >= 15 is 0 Å². The topological polar surface area (TPSA) is 32.7 Å². The third-order valence-electron chi connectivity index (χ3n) is 3.49. The number of hydrogen-bond acceptors (Lipinski definition) is 3. The fraction of sp³-hybridized carbons (Fsp3) is 0.467. The molecule has 3 nitrogen and oxygen atoms in total. The number of rotatable bonds is 5. The molecule has 0 radical (unpaired) electrons. The molecule has 0 bridgehead atoms. The lowest BCUT2D eigenvalue weighted by Crippen LogP contribution is -2.32. The SMILES string of the molecule is COc1ccccc1/C=C/CN1CCCC1CO. The minimum absolute atomic E-state index is 0.266. The van der Waals surface area contributed by atoms with Gasteiger partial charge in [0.25, 0.3) is 0 Å². The Morgan fingerprint density at radius 2 is 2.28 bits per heavy atom. The zero-order valence-corrected chi connectivity index (χ0v) is 10.9. The van der Waals surface area contributed by atoms with Crippen LogP contribution in [0.3, 0.4) is 0 Å². The first kappa shape index (κ1) is 13.1. The van der Waals surface area contributed by atoms with Crippen molar-refractivity contribution in [2.45, 2.75) is 18.9 Å². The summed E-state index contributed by atoms with van der Waals surface area (Å²) in [6, 6.07) is 8.33. The Morgan fingerprint density at radius 3 is 3.06 bits per heavy atom. The minimum Gasteiger partial charge on any atom is -0.496 e. The van der Waals surface area contributed by atoms with Gasteiger partial charge in [-0.05, 0) is 25.5 Å². The highest BCUT2D eigenvalue weighted by molar-refractivity contribution is 5.57. The average Bonchev–Trinajstić information content (AvgIpc) is 2.87. The summed E-state index contributed by atoms with van der Waals surface area (Å²) >= 11 is 0. The van der Waals surface area contributed by atoms with Crippen LogP contribution in [0.1, 0.15) is 18.4 Å². The molecule has 1 N–H and O–H groups in total. The Kier molecular flexibility index (Phi) is 4.79. The average molecular weight is 247 g/mol. The standard InChI is InChI=1S/C15H21NO2/c1-18-15-9-3-2-6-13(15)7-4-10-16-11-5-8-14(16)12-17/h2-4,6-7,9,14,17H,5,8,10-12H2,1H3/b7-4+. The second-order valence-electron chi connectivity index (χ2n) is 4.62. The summed E-state index contributed by atoms with van der Waals surface area (Å²) < 4.78 is 5.31. The van der Waals surface area contributed by atoms with Crippen LogP contribution in [0, 0.1) is 0 Å². The number of methoxy groups -OCH3 is 1. The molecule has 1 aromatic rings. The van der Waals surface area contributed by atoms with Crippen LogP contribution >= 0.6 is 0 Å². The summed E-state index contributed by atoms with van der Waals surface area (Å²) in [4.78, 5) is 2.33. The van der Waals surface area contributed by atoms with Gasteiger partial charge in [-0.15, -0.1) is 0 Å². The molecular formula is C15H21NO2. The van der Waals surface area contributed by atoms with E-state index in [0.29, 0.717) is 6.04 Å². The zero-order chi connectivity index (χ0) is 12.8. The molecule has 18 heavy (non-hydrogen) atoms. The van der Waals surface area contributed by atoms with E-state index in [1.807, 2.05) is 24.3 Å². The van der Waals surface area contributed by atoms with E-state index < -0.39 is 0 Å². The number of ether oxygens (including phenoxy) is 1. The van der Waals surface area contributed by atoms with E-state index in [1.54, 1.807) is 7.11 Å². The van der Waals surface area contributed by atoms with E-state index in [-0.39, 0.29) is 6.61 Å². The zero-order valence-electron chi connectivity index (χ0n) is 10.9. The lowest BCUT2D eigenvalue weighted by molar-refractivity contribution is 0.170. The Hall–Kier alpha value is -1.32. The van der Waals surface area contributed by atoms with Crippen LogP contribution in [0.15, 0.2) is 30.3 Å². The molecule has 0 spiro atoms. The van der Waals surface area contributed by atoms with Gasteiger partial charge in [0.1, 0.15) is 5.75 Å². The van der Waals surface area contributed by atoms with Crippen LogP contribution in [0.4, 0.5) is 0 Å². The molecule has 3 heteroatoms. The Balaban J connectivity index is 1.94. The van der Waals surface area contributed by atoms with Crippen LogP contribution in [0.5, 0.6) is 5.75 Å². The first-order chi connectivity index (χ1) is 8.85. The Bertz CT molecular complexity index is 403. The molecule has 1 heterocycles. The van der Waals surface area contributed by atoms with Crippen LogP contribution in [0.2, 0.25) is 0 Å². The number of hydrogen-bond donors (Lipinski definition) is 1. The smallest absolute Gasteiger partial charge is 0.126 e. The van der Waals surface area contributed by atoms with E-state index in [2.05, 4.69) is 17.1 Å². The molecular weight excluding hydrogens is 226 g/mol. The molecule has 2 rings (SSSR count). The summed E-state index contributed by atoms with van der Waals surface area (Å²) in [5.41, 5.74) is 1.10. The molecule has 0 aromatic heterocycles. The molecule has 0 amide bonds. The Labute approximate surface area is 109 Å². The van der Waals surface area contributed by atoms with Crippen molar-refractivity contribution in [2.24, 2.45) is 0 Å². The van der Waals surface area contributed by atoms with E-state index in [0.717, 1.165) is 30.8 Å². The van der Waals surface area contributed by atoms with Crippen LogP contribution in [-0.4, -0.2) is 42.9 Å². The van der Waals surface area contributed by atoms with Gasteiger partial charge in [-0.1, -0.05) is 30.4 Å². The number of likely N-dealkylation sites (tertiary alicyclic amines) is 1. The summed E-state index contributed by atoms with van der Waals surface area (Å²) in [6.45, 7) is 2.24. The van der Waals surface area contributed by atoms with Gasteiger partial charge in [-0.3, -0.25) is 4.90 Å². The second kappa shape index (κ2) is 6.57. The molecule has 1 aromatic carbocycles. The predicted octanol–water partition coefficient (Wildman–Crippen LogP) is 2.17. The van der Waals surface area contributed by atoms with Crippen molar-refractivity contribution in [3.05, 3.63) is 35.9 Å². The molecule has 1 atom stereocenters. The molecule has 0 aliphatic carbocycles. The number of benzene rings is 1. The van der Waals surface area contributed by atoms with E-state index in [9.17, 15) is 5.11 Å². The van der Waals surface area contributed by atoms with Gasteiger partial charge in [0, 0.05) is 18.2 Å². The first-order valence-electron chi connectivity index (χ1n) is 6.49. The molecule has 1 unspecified atom stereocenters. The summed E-state index contributed by atoms with van der Waals surface area (Å²) in [7, 11) is 1.69. The maximum Gasteiger partial charge on any atom is 0.126 e. The van der Waals surface area contributed by atoms with Crippen molar-refractivity contribution in [1.29, 1.82) is 0 Å². The quantitative estimate of drug-likeness (QED) is 0.865. The van der Waals surface area contributed by atoms with Crippen molar-refractivity contribution >= 4 is 6.08 Å². The summed E-state index contributed by atoms with van der Waals surface area (Å²) in [5, 5.41) is 9.25. The summed E-state index contributed by atoms with van der Waals surface area (Å²) in [6.07, 6.45) is 6.53. The van der Waals surface area contributed by atoms with Gasteiger partial charge < -0.3 is 9.84 Å². The number of para-hydroxylation sites is 1. The van der Waals surface area contributed by atoms with E-state index in [4.69, 9.17) is 4.74 Å². The van der Waals surface area contributed by atoms with Gasteiger partial charge in [0.05, 0.1) is 13.7 Å². The summed E-state index contributed by atoms with van der Waals surface area (Å²) in [5.74, 6) is 0.897.